The molecule has 1 atom stereocenters. The lowest BCUT2D eigenvalue weighted by molar-refractivity contribution is -0.118. The van der Waals surface area contributed by atoms with Crippen LogP contribution in [0.15, 0.2) is 11.8 Å². The highest BCUT2D eigenvalue weighted by atomic mass is 35.5. The summed E-state index contributed by atoms with van der Waals surface area (Å²) >= 11 is 5.79. The maximum atomic E-state index is 12.1. The van der Waals surface area contributed by atoms with Gasteiger partial charge in [-0.2, -0.15) is 0 Å². The first-order chi connectivity index (χ1) is 9.22. The highest BCUT2D eigenvalue weighted by molar-refractivity contribution is 6.17. The van der Waals surface area contributed by atoms with E-state index in [9.17, 15) is 4.79 Å². The van der Waals surface area contributed by atoms with Crippen LogP contribution in [0.2, 0.25) is 0 Å². The molecule has 2 heterocycles. The molecule has 0 spiro atoms. The fourth-order valence-electron chi connectivity index (χ4n) is 3.67. The van der Waals surface area contributed by atoms with Crippen LogP contribution < -0.4 is 0 Å². The molecule has 19 heavy (non-hydrogen) atoms. The minimum absolute atomic E-state index is 0.140. The average Bonchev–Trinajstić information content (AvgIpc) is 2.80. The number of unbranched alkanes of at least 4 members (excludes halogenated alkanes) is 2. The molecule has 0 unspecified atom stereocenters. The van der Waals surface area contributed by atoms with Gasteiger partial charge < -0.3 is 4.90 Å². The number of carbonyl (C=O) groups is 1. The molecule has 0 aromatic heterocycles. The van der Waals surface area contributed by atoms with E-state index in [0.717, 1.165) is 44.5 Å². The van der Waals surface area contributed by atoms with Gasteiger partial charge in [-0.05, 0) is 44.9 Å². The highest BCUT2D eigenvalue weighted by Crippen LogP contribution is 2.43. The highest BCUT2D eigenvalue weighted by Gasteiger charge is 2.44. The molecule has 1 fully saturated rings. The molecule has 108 valence electrons. The summed E-state index contributed by atoms with van der Waals surface area (Å²) in [7, 11) is 0. The molecule has 0 amide bonds. The monoisotopic (exact) mass is 283 g/mol. The van der Waals surface area contributed by atoms with E-state index < -0.39 is 0 Å². The van der Waals surface area contributed by atoms with Gasteiger partial charge in [-0.3, -0.25) is 4.79 Å². The standard InChI is InChI=1S/C16H26ClNO/c1-2-3-7-14-12-15(19)13-16(8-4-5-10-17)9-6-11-18(14)16/h12H,2-11,13H2,1H3/t16-/m1/s1. The quantitative estimate of drug-likeness (QED) is 0.513. The summed E-state index contributed by atoms with van der Waals surface area (Å²) in [6, 6.07) is 0. The molecule has 0 saturated carbocycles. The Labute approximate surface area is 122 Å². The molecule has 0 aliphatic carbocycles. The van der Waals surface area contributed by atoms with Crippen molar-refractivity contribution in [1.29, 1.82) is 0 Å². The van der Waals surface area contributed by atoms with Crippen molar-refractivity contribution in [2.45, 2.75) is 70.3 Å². The van der Waals surface area contributed by atoms with Crippen LogP contribution in [0, 0.1) is 0 Å². The number of halogens is 1. The summed E-state index contributed by atoms with van der Waals surface area (Å²) < 4.78 is 0. The van der Waals surface area contributed by atoms with E-state index in [2.05, 4.69) is 11.8 Å². The number of carbonyl (C=O) groups excluding carboxylic acids is 1. The van der Waals surface area contributed by atoms with Gasteiger partial charge in [0.05, 0.1) is 0 Å². The molecule has 2 aliphatic heterocycles. The van der Waals surface area contributed by atoms with E-state index in [0.29, 0.717) is 5.78 Å². The van der Waals surface area contributed by atoms with E-state index >= 15 is 0 Å². The molecular formula is C16H26ClNO. The molecule has 2 nitrogen and oxygen atoms in total. The van der Waals surface area contributed by atoms with Gasteiger partial charge in [-0.15, -0.1) is 11.6 Å². The van der Waals surface area contributed by atoms with Crippen molar-refractivity contribution in [2.24, 2.45) is 0 Å². The Balaban J connectivity index is 2.09. The minimum atomic E-state index is 0.140. The molecule has 2 rings (SSSR count). The third kappa shape index (κ3) is 3.34. The van der Waals surface area contributed by atoms with Crippen LogP contribution in [-0.4, -0.2) is 28.6 Å². The second kappa shape index (κ2) is 6.78. The van der Waals surface area contributed by atoms with Crippen molar-refractivity contribution < 1.29 is 4.79 Å². The summed E-state index contributed by atoms with van der Waals surface area (Å²) in [5.74, 6) is 1.08. The summed E-state index contributed by atoms with van der Waals surface area (Å²) in [6.07, 6.45) is 11.9. The predicted octanol–water partition coefficient (Wildman–Crippen LogP) is 4.28. The van der Waals surface area contributed by atoms with E-state index in [1.165, 1.54) is 31.4 Å². The third-order valence-electron chi connectivity index (χ3n) is 4.59. The lowest BCUT2D eigenvalue weighted by atomic mass is 9.81. The number of alkyl halides is 1. The van der Waals surface area contributed by atoms with Gasteiger partial charge in [0, 0.05) is 36.2 Å². The van der Waals surface area contributed by atoms with Crippen LogP contribution in [0.5, 0.6) is 0 Å². The Morgan fingerprint density at radius 1 is 1.37 bits per heavy atom. The Morgan fingerprint density at radius 3 is 2.95 bits per heavy atom. The summed E-state index contributed by atoms with van der Waals surface area (Å²) in [6.45, 7) is 3.35. The molecule has 0 N–H and O–H groups in total. The average molecular weight is 284 g/mol. The van der Waals surface area contributed by atoms with Crippen LogP contribution in [0.1, 0.15) is 64.7 Å². The topological polar surface area (TPSA) is 20.3 Å². The maximum absolute atomic E-state index is 12.1. The largest absolute Gasteiger partial charge is 0.369 e. The summed E-state index contributed by atoms with van der Waals surface area (Å²) in [5.41, 5.74) is 1.45. The molecule has 0 aromatic rings. The normalized spacial score (nSPS) is 26.5. The number of hydrogen-bond donors (Lipinski definition) is 0. The van der Waals surface area contributed by atoms with Gasteiger partial charge in [-0.1, -0.05) is 13.3 Å². The zero-order chi connectivity index (χ0) is 13.7. The molecular weight excluding hydrogens is 258 g/mol. The van der Waals surface area contributed by atoms with Crippen molar-refractivity contribution in [3.05, 3.63) is 11.8 Å². The summed E-state index contributed by atoms with van der Waals surface area (Å²) in [4.78, 5) is 14.7. The first-order valence-electron chi connectivity index (χ1n) is 7.79. The fourth-order valence-corrected chi connectivity index (χ4v) is 3.86. The SMILES string of the molecule is CCCCC1=CC(=O)C[C@@]2(CCCCCl)CCCN12. The van der Waals surface area contributed by atoms with Gasteiger partial charge in [0.2, 0.25) is 0 Å². The molecule has 0 aromatic carbocycles. The lowest BCUT2D eigenvalue weighted by Gasteiger charge is -2.44. The molecule has 2 aliphatic rings. The summed E-state index contributed by atoms with van der Waals surface area (Å²) in [5, 5.41) is 0. The number of rotatable bonds is 7. The third-order valence-corrected chi connectivity index (χ3v) is 4.85. The number of allylic oxidation sites excluding steroid dienone is 2. The van der Waals surface area contributed by atoms with Gasteiger partial charge in [0.1, 0.15) is 0 Å². The Kier molecular flexibility index (Phi) is 5.32. The van der Waals surface area contributed by atoms with Crippen molar-refractivity contribution >= 4 is 17.4 Å². The van der Waals surface area contributed by atoms with Crippen LogP contribution >= 0.6 is 11.6 Å². The van der Waals surface area contributed by atoms with Crippen molar-refractivity contribution in [3.63, 3.8) is 0 Å². The number of hydrogen-bond acceptors (Lipinski definition) is 2. The second-order valence-electron chi connectivity index (χ2n) is 6.01. The van der Waals surface area contributed by atoms with Crippen LogP contribution in [0.3, 0.4) is 0 Å². The minimum Gasteiger partial charge on any atom is -0.369 e. The van der Waals surface area contributed by atoms with E-state index in [1.807, 2.05) is 6.08 Å². The van der Waals surface area contributed by atoms with Gasteiger partial charge in [0.25, 0.3) is 0 Å². The lowest BCUT2D eigenvalue weighted by Crippen LogP contribution is -2.47. The zero-order valence-electron chi connectivity index (χ0n) is 12.1. The number of nitrogens with zero attached hydrogens (tertiary/aromatic N) is 1. The van der Waals surface area contributed by atoms with Gasteiger partial charge in [0.15, 0.2) is 5.78 Å². The molecule has 3 heteroatoms. The zero-order valence-corrected chi connectivity index (χ0v) is 12.8. The van der Waals surface area contributed by atoms with Gasteiger partial charge >= 0.3 is 0 Å². The fraction of sp³-hybridized carbons (Fsp3) is 0.812. The smallest absolute Gasteiger partial charge is 0.159 e. The molecule has 0 bridgehead atoms. The van der Waals surface area contributed by atoms with Crippen LogP contribution in [0.25, 0.3) is 0 Å². The van der Waals surface area contributed by atoms with Crippen LogP contribution in [0.4, 0.5) is 0 Å². The van der Waals surface area contributed by atoms with E-state index in [-0.39, 0.29) is 5.54 Å². The first kappa shape index (κ1) is 14.9. The number of fused-ring (bicyclic) bond motifs is 1. The predicted molar refractivity (Wildman–Crippen MR) is 80.5 cm³/mol. The first-order valence-corrected chi connectivity index (χ1v) is 8.32. The molecule has 1 saturated heterocycles. The Morgan fingerprint density at radius 2 is 2.21 bits per heavy atom. The van der Waals surface area contributed by atoms with Crippen LogP contribution in [-0.2, 0) is 4.79 Å². The van der Waals surface area contributed by atoms with Crippen molar-refractivity contribution in [1.82, 2.24) is 4.90 Å². The molecule has 0 radical (unpaired) electrons. The van der Waals surface area contributed by atoms with Crippen molar-refractivity contribution in [3.8, 4) is 0 Å². The van der Waals surface area contributed by atoms with E-state index in [4.69, 9.17) is 11.6 Å². The second-order valence-corrected chi connectivity index (χ2v) is 6.39. The van der Waals surface area contributed by atoms with Gasteiger partial charge in [-0.25, -0.2) is 0 Å². The maximum Gasteiger partial charge on any atom is 0.159 e. The Hall–Kier alpha value is -0.500. The Bertz CT molecular complexity index is 353. The van der Waals surface area contributed by atoms with E-state index in [1.54, 1.807) is 0 Å². The number of ketones is 1. The van der Waals surface area contributed by atoms with Crippen molar-refractivity contribution in [2.75, 3.05) is 12.4 Å².